The highest BCUT2D eigenvalue weighted by Crippen LogP contribution is 2.49. The Hall–Kier alpha value is -1.06. The first-order valence-corrected chi connectivity index (χ1v) is 9.43. The molecule has 2 atom stereocenters. The fourth-order valence-corrected chi connectivity index (χ4v) is 3.48. The lowest BCUT2D eigenvalue weighted by Crippen LogP contribution is -2.50. The number of hydrogen-bond acceptors (Lipinski definition) is 3. The molecule has 0 heterocycles. The van der Waals surface area contributed by atoms with Gasteiger partial charge in [0.15, 0.2) is 0 Å². The SMILES string of the molecule is CC(C)CC(C(=O)O)C(CC(C)(C)C)(C(=O)OCC(C)(C)C)C(C)C. The van der Waals surface area contributed by atoms with Crippen molar-refractivity contribution in [2.24, 2.45) is 34.0 Å². The van der Waals surface area contributed by atoms with E-state index >= 15 is 0 Å². The Morgan fingerprint density at radius 2 is 1.40 bits per heavy atom. The molecule has 148 valence electrons. The van der Waals surface area contributed by atoms with Gasteiger partial charge in [0.1, 0.15) is 0 Å². The Morgan fingerprint density at radius 3 is 1.68 bits per heavy atom. The number of carbonyl (C=O) groups excluding carboxylic acids is 1. The van der Waals surface area contributed by atoms with Crippen LogP contribution in [0.3, 0.4) is 0 Å². The molecule has 0 aromatic rings. The highest BCUT2D eigenvalue weighted by molar-refractivity contribution is 5.85. The fourth-order valence-electron chi connectivity index (χ4n) is 3.48. The lowest BCUT2D eigenvalue weighted by molar-refractivity contribution is -0.178. The predicted molar refractivity (Wildman–Crippen MR) is 102 cm³/mol. The molecule has 0 fully saturated rings. The molecule has 0 saturated carbocycles. The zero-order chi connectivity index (χ0) is 20.2. The Balaban J connectivity index is 6.12. The van der Waals surface area contributed by atoms with Crippen LogP contribution in [0.1, 0.15) is 82.1 Å². The minimum atomic E-state index is -1.03. The van der Waals surface area contributed by atoms with Crippen LogP contribution in [0, 0.1) is 34.0 Å². The standard InChI is InChI=1S/C21H40O4/c1-14(2)11-16(17(22)23)21(15(3)4,12-19(5,6)7)18(24)25-13-20(8,9)10/h14-16H,11-13H2,1-10H3,(H,22,23). The molecule has 25 heavy (non-hydrogen) atoms. The molecule has 0 aromatic carbocycles. The lowest BCUT2D eigenvalue weighted by Gasteiger charge is -2.44. The molecule has 0 spiro atoms. The van der Waals surface area contributed by atoms with Gasteiger partial charge in [0.05, 0.1) is 17.9 Å². The minimum Gasteiger partial charge on any atom is -0.481 e. The number of carboxylic acids is 1. The van der Waals surface area contributed by atoms with Crippen molar-refractivity contribution in [2.45, 2.75) is 82.1 Å². The molecule has 0 aliphatic carbocycles. The second-order valence-electron chi connectivity index (χ2n) is 10.6. The maximum atomic E-state index is 13.3. The van der Waals surface area contributed by atoms with Crippen LogP contribution in [0.5, 0.6) is 0 Å². The molecule has 0 amide bonds. The van der Waals surface area contributed by atoms with Gasteiger partial charge in [-0.15, -0.1) is 0 Å². The highest BCUT2D eigenvalue weighted by Gasteiger charge is 2.54. The van der Waals surface area contributed by atoms with Gasteiger partial charge in [0.25, 0.3) is 0 Å². The maximum absolute atomic E-state index is 13.3. The molecular weight excluding hydrogens is 316 g/mol. The molecule has 0 aliphatic heterocycles. The summed E-state index contributed by atoms with van der Waals surface area (Å²) >= 11 is 0. The van der Waals surface area contributed by atoms with Crippen molar-refractivity contribution < 1.29 is 19.4 Å². The number of ether oxygens (including phenoxy) is 1. The zero-order valence-corrected chi connectivity index (χ0v) is 18.0. The summed E-state index contributed by atoms with van der Waals surface area (Å²) in [6.45, 7) is 20.3. The predicted octanol–water partition coefficient (Wildman–Crippen LogP) is 5.40. The minimum absolute atomic E-state index is 0.126. The largest absolute Gasteiger partial charge is 0.481 e. The van der Waals surface area contributed by atoms with Gasteiger partial charge in [-0.3, -0.25) is 9.59 Å². The monoisotopic (exact) mass is 356 g/mol. The van der Waals surface area contributed by atoms with Crippen LogP contribution >= 0.6 is 0 Å². The van der Waals surface area contributed by atoms with Crippen LogP contribution in [-0.4, -0.2) is 23.7 Å². The van der Waals surface area contributed by atoms with Gasteiger partial charge in [-0.2, -0.15) is 0 Å². The molecule has 0 bridgehead atoms. The van der Waals surface area contributed by atoms with E-state index in [0.29, 0.717) is 19.4 Å². The molecule has 4 heteroatoms. The molecule has 0 aliphatic rings. The summed E-state index contributed by atoms with van der Waals surface area (Å²) in [5.74, 6) is -1.95. The van der Waals surface area contributed by atoms with Crippen molar-refractivity contribution in [3.63, 3.8) is 0 Å². The van der Waals surface area contributed by atoms with E-state index in [1.165, 1.54) is 0 Å². The fraction of sp³-hybridized carbons (Fsp3) is 0.905. The number of carboxylic acid groups (broad SMARTS) is 1. The number of esters is 1. The van der Waals surface area contributed by atoms with Gasteiger partial charge in [0.2, 0.25) is 0 Å². The number of carbonyl (C=O) groups is 2. The second-order valence-corrected chi connectivity index (χ2v) is 10.6. The maximum Gasteiger partial charge on any atom is 0.313 e. The van der Waals surface area contributed by atoms with Crippen LogP contribution in [-0.2, 0) is 14.3 Å². The summed E-state index contributed by atoms with van der Waals surface area (Å²) in [6.07, 6.45) is 0.957. The lowest BCUT2D eigenvalue weighted by atomic mass is 9.59. The number of hydrogen-bond donors (Lipinski definition) is 1. The Kier molecular flexibility index (Phi) is 8.19. The topological polar surface area (TPSA) is 63.6 Å². The van der Waals surface area contributed by atoms with E-state index in [1.54, 1.807) is 0 Å². The van der Waals surface area contributed by atoms with Crippen LogP contribution in [0.2, 0.25) is 0 Å². The van der Waals surface area contributed by atoms with Gasteiger partial charge >= 0.3 is 11.9 Å². The molecule has 4 nitrogen and oxygen atoms in total. The van der Waals surface area contributed by atoms with E-state index in [0.717, 1.165) is 0 Å². The molecule has 0 aromatic heterocycles. The first kappa shape index (κ1) is 23.9. The number of rotatable bonds is 8. The van der Waals surface area contributed by atoms with Crippen LogP contribution < -0.4 is 0 Å². The Morgan fingerprint density at radius 1 is 0.920 bits per heavy atom. The molecule has 0 radical (unpaired) electrons. The van der Waals surface area contributed by atoms with Gasteiger partial charge < -0.3 is 9.84 Å². The van der Waals surface area contributed by atoms with Gasteiger partial charge in [-0.05, 0) is 35.5 Å². The van der Waals surface area contributed by atoms with Gasteiger partial charge in [-0.25, -0.2) is 0 Å². The zero-order valence-electron chi connectivity index (χ0n) is 18.0. The summed E-state index contributed by atoms with van der Waals surface area (Å²) in [5, 5.41) is 9.97. The van der Waals surface area contributed by atoms with Crippen molar-refractivity contribution in [3.05, 3.63) is 0 Å². The van der Waals surface area contributed by atoms with E-state index in [4.69, 9.17) is 4.74 Å². The highest BCUT2D eigenvalue weighted by atomic mass is 16.5. The summed E-state index contributed by atoms with van der Waals surface area (Å²) in [7, 11) is 0. The van der Waals surface area contributed by atoms with E-state index in [-0.39, 0.29) is 28.6 Å². The van der Waals surface area contributed by atoms with Gasteiger partial charge in [-0.1, -0.05) is 69.2 Å². The summed E-state index contributed by atoms with van der Waals surface area (Å²) < 4.78 is 5.69. The first-order chi connectivity index (χ1) is 11.0. The van der Waals surface area contributed by atoms with Gasteiger partial charge in [0, 0.05) is 0 Å². The molecule has 0 saturated heterocycles. The van der Waals surface area contributed by atoms with E-state index in [1.807, 2.05) is 48.5 Å². The third kappa shape index (κ3) is 7.37. The smallest absolute Gasteiger partial charge is 0.313 e. The normalized spacial score (nSPS) is 16.6. The quantitative estimate of drug-likeness (QED) is 0.591. The first-order valence-electron chi connectivity index (χ1n) is 9.43. The molecule has 2 unspecified atom stereocenters. The summed E-state index contributed by atoms with van der Waals surface area (Å²) in [6, 6.07) is 0. The third-order valence-corrected chi connectivity index (χ3v) is 4.50. The van der Waals surface area contributed by atoms with Crippen molar-refractivity contribution >= 4 is 11.9 Å². The average molecular weight is 357 g/mol. The summed E-state index contributed by atoms with van der Waals surface area (Å²) in [4.78, 5) is 25.4. The third-order valence-electron chi connectivity index (χ3n) is 4.50. The summed E-state index contributed by atoms with van der Waals surface area (Å²) in [5.41, 5.74) is -1.37. The van der Waals surface area contributed by atoms with Crippen molar-refractivity contribution in [1.82, 2.24) is 0 Å². The van der Waals surface area contributed by atoms with E-state index in [9.17, 15) is 14.7 Å². The van der Waals surface area contributed by atoms with Crippen LogP contribution in [0.15, 0.2) is 0 Å². The molecule has 0 rings (SSSR count). The van der Waals surface area contributed by atoms with Crippen molar-refractivity contribution in [2.75, 3.05) is 6.61 Å². The van der Waals surface area contributed by atoms with E-state index < -0.39 is 17.3 Å². The van der Waals surface area contributed by atoms with E-state index in [2.05, 4.69) is 20.8 Å². The van der Waals surface area contributed by atoms with Crippen molar-refractivity contribution in [1.29, 1.82) is 0 Å². The van der Waals surface area contributed by atoms with Crippen molar-refractivity contribution in [3.8, 4) is 0 Å². The Bertz CT molecular complexity index is 451. The van der Waals surface area contributed by atoms with Crippen LogP contribution in [0.4, 0.5) is 0 Å². The number of aliphatic carboxylic acids is 1. The second kappa shape index (κ2) is 8.55. The van der Waals surface area contributed by atoms with Crippen LogP contribution in [0.25, 0.3) is 0 Å². The Labute approximate surface area is 154 Å². The molecule has 1 N–H and O–H groups in total. The molecular formula is C21H40O4. The average Bonchev–Trinajstić information content (AvgIpc) is 2.36.